The van der Waals surface area contributed by atoms with Crippen LogP contribution in [0.3, 0.4) is 0 Å². The molecule has 0 aliphatic heterocycles. The Morgan fingerprint density at radius 1 is 1.26 bits per heavy atom. The van der Waals surface area contributed by atoms with E-state index < -0.39 is 11.3 Å². The summed E-state index contributed by atoms with van der Waals surface area (Å²) in [6.07, 6.45) is 3.58. The second-order valence-corrected chi connectivity index (χ2v) is 7.80. The third-order valence-electron chi connectivity index (χ3n) is 3.46. The van der Waals surface area contributed by atoms with E-state index in [0.717, 1.165) is 22.9 Å². The molecule has 0 spiro atoms. The van der Waals surface area contributed by atoms with Gasteiger partial charge in [0.15, 0.2) is 10.0 Å². The first kappa shape index (κ1) is 19.2. The first-order chi connectivity index (χ1) is 13.1. The first-order valence-electron chi connectivity index (χ1n) is 8.20. The van der Waals surface area contributed by atoms with Crippen LogP contribution in [-0.2, 0) is 0 Å². The van der Waals surface area contributed by atoms with Crippen molar-refractivity contribution in [3.05, 3.63) is 58.3 Å². The lowest BCUT2D eigenvalue weighted by molar-refractivity contribution is 0.101. The predicted octanol–water partition coefficient (Wildman–Crippen LogP) is 3.37. The fourth-order valence-electron chi connectivity index (χ4n) is 2.08. The van der Waals surface area contributed by atoms with E-state index in [1.807, 2.05) is 0 Å². The standard InChI is InChI=1S/C17H16FN5O2S2/c1-2-3-10-26-17-21-20-16(27-17)19-15(25)14-13(24)8-9-23(22-14)12-6-4-11(18)5-7-12/h4-9H,2-3,10H2,1H3,(H,19,20,25). The molecule has 2 heterocycles. The molecule has 1 N–H and O–H groups in total. The topological polar surface area (TPSA) is 89.8 Å². The number of benzene rings is 1. The zero-order valence-electron chi connectivity index (χ0n) is 14.4. The van der Waals surface area contributed by atoms with Crippen LogP contribution < -0.4 is 10.7 Å². The highest BCUT2D eigenvalue weighted by atomic mass is 32.2. The number of thioether (sulfide) groups is 1. The van der Waals surface area contributed by atoms with Crippen molar-refractivity contribution in [3.8, 4) is 5.69 Å². The van der Waals surface area contributed by atoms with Gasteiger partial charge in [0.05, 0.1) is 5.69 Å². The van der Waals surface area contributed by atoms with Gasteiger partial charge in [-0.2, -0.15) is 5.10 Å². The minimum absolute atomic E-state index is 0.280. The van der Waals surface area contributed by atoms with Gasteiger partial charge in [-0.1, -0.05) is 36.4 Å². The molecular formula is C17H16FN5O2S2. The SMILES string of the molecule is CCCCSc1nnc(NC(=O)c2nn(-c3ccc(F)cc3)ccc2=O)s1. The van der Waals surface area contributed by atoms with Crippen molar-refractivity contribution in [1.82, 2.24) is 20.0 Å². The molecule has 0 saturated carbocycles. The second kappa shape index (κ2) is 8.87. The number of aromatic nitrogens is 4. The number of nitrogens with one attached hydrogen (secondary N) is 1. The summed E-state index contributed by atoms with van der Waals surface area (Å²) in [6, 6.07) is 6.77. The number of halogens is 1. The number of hydrogen-bond acceptors (Lipinski definition) is 7. The monoisotopic (exact) mass is 405 g/mol. The summed E-state index contributed by atoms with van der Waals surface area (Å²) in [7, 11) is 0. The van der Waals surface area contributed by atoms with Gasteiger partial charge >= 0.3 is 0 Å². The van der Waals surface area contributed by atoms with Crippen molar-refractivity contribution in [2.24, 2.45) is 0 Å². The van der Waals surface area contributed by atoms with Crippen molar-refractivity contribution in [1.29, 1.82) is 0 Å². The number of carbonyl (C=O) groups is 1. The molecule has 0 bridgehead atoms. The Bertz CT molecular complexity index is 987. The number of nitrogens with zero attached hydrogens (tertiary/aromatic N) is 4. The number of anilines is 1. The van der Waals surface area contributed by atoms with Gasteiger partial charge in [-0.05, 0) is 30.7 Å². The van der Waals surface area contributed by atoms with Crippen LogP contribution in [0.2, 0.25) is 0 Å². The molecule has 2 aromatic heterocycles. The zero-order chi connectivity index (χ0) is 19.2. The van der Waals surface area contributed by atoms with E-state index in [-0.39, 0.29) is 11.5 Å². The van der Waals surface area contributed by atoms with Gasteiger partial charge in [0.2, 0.25) is 10.6 Å². The Kier molecular flexibility index (Phi) is 6.30. The molecule has 0 aliphatic rings. The molecule has 3 rings (SSSR count). The minimum Gasteiger partial charge on any atom is -0.295 e. The van der Waals surface area contributed by atoms with Crippen LogP contribution in [0.25, 0.3) is 5.69 Å². The lowest BCUT2D eigenvalue weighted by Crippen LogP contribution is -2.25. The minimum atomic E-state index is -0.669. The normalized spacial score (nSPS) is 10.7. The average molecular weight is 405 g/mol. The van der Waals surface area contributed by atoms with Gasteiger partial charge in [-0.15, -0.1) is 10.2 Å². The van der Waals surface area contributed by atoms with Gasteiger partial charge in [0.25, 0.3) is 5.91 Å². The van der Waals surface area contributed by atoms with Crippen LogP contribution in [0.1, 0.15) is 30.3 Å². The summed E-state index contributed by atoms with van der Waals surface area (Å²) in [6.45, 7) is 2.11. The fraction of sp³-hybridized carbons (Fsp3) is 0.235. The first-order valence-corrected chi connectivity index (χ1v) is 10.0. The molecule has 0 fully saturated rings. The van der Waals surface area contributed by atoms with Crippen molar-refractivity contribution in [2.75, 3.05) is 11.1 Å². The largest absolute Gasteiger partial charge is 0.295 e. The third-order valence-corrected chi connectivity index (χ3v) is 5.52. The maximum atomic E-state index is 13.1. The molecule has 3 aromatic rings. The second-order valence-electron chi connectivity index (χ2n) is 5.48. The van der Waals surface area contributed by atoms with Crippen LogP contribution >= 0.6 is 23.1 Å². The van der Waals surface area contributed by atoms with Crippen LogP contribution in [0.5, 0.6) is 0 Å². The Morgan fingerprint density at radius 2 is 2.04 bits per heavy atom. The van der Waals surface area contributed by atoms with Crippen LogP contribution in [-0.4, -0.2) is 31.6 Å². The highest BCUT2D eigenvalue weighted by Crippen LogP contribution is 2.26. The van der Waals surface area contributed by atoms with E-state index in [1.54, 1.807) is 11.8 Å². The summed E-state index contributed by atoms with van der Waals surface area (Å²) in [4.78, 5) is 24.5. The van der Waals surface area contributed by atoms with Gasteiger partial charge in [0, 0.05) is 18.0 Å². The summed E-state index contributed by atoms with van der Waals surface area (Å²) in [5.74, 6) is -0.124. The zero-order valence-corrected chi connectivity index (χ0v) is 16.0. The fourth-order valence-corrected chi connectivity index (χ4v) is 3.98. The van der Waals surface area contributed by atoms with Crippen LogP contribution in [0.15, 0.2) is 45.7 Å². The summed E-state index contributed by atoms with van der Waals surface area (Å²) < 4.78 is 15.1. The summed E-state index contributed by atoms with van der Waals surface area (Å²) in [5.41, 5.74) is -0.277. The Balaban J connectivity index is 1.75. The molecule has 0 radical (unpaired) electrons. The summed E-state index contributed by atoms with van der Waals surface area (Å²) >= 11 is 2.82. The molecule has 10 heteroatoms. The van der Waals surface area contributed by atoms with Crippen LogP contribution in [0.4, 0.5) is 9.52 Å². The van der Waals surface area contributed by atoms with E-state index in [2.05, 4.69) is 27.5 Å². The Labute approximate surface area is 162 Å². The lowest BCUT2D eigenvalue weighted by Gasteiger charge is -2.06. The molecule has 27 heavy (non-hydrogen) atoms. The van der Waals surface area contributed by atoms with Gasteiger partial charge in [0.1, 0.15) is 5.82 Å². The molecule has 7 nitrogen and oxygen atoms in total. The molecule has 1 amide bonds. The number of hydrogen-bond donors (Lipinski definition) is 1. The molecular weight excluding hydrogens is 389 g/mol. The quantitative estimate of drug-likeness (QED) is 0.368. The van der Waals surface area contributed by atoms with Crippen molar-refractivity contribution >= 4 is 34.1 Å². The van der Waals surface area contributed by atoms with Crippen molar-refractivity contribution in [2.45, 2.75) is 24.1 Å². The predicted molar refractivity (Wildman–Crippen MR) is 103 cm³/mol. The molecule has 1 aromatic carbocycles. The molecule has 0 aliphatic carbocycles. The molecule has 140 valence electrons. The molecule has 0 atom stereocenters. The van der Waals surface area contributed by atoms with Crippen molar-refractivity contribution < 1.29 is 9.18 Å². The Morgan fingerprint density at radius 3 is 2.78 bits per heavy atom. The van der Waals surface area contributed by atoms with Crippen LogP contribution in [0, 0.1) is 5.82 Å². The number of amides is 1. The van der Waals surface area contributed by atoms with E-state index >= 15 is 0 Å². The van der Waals surface area contributed by atoms with E-state index in [0.29, 0.717) is 10.8 Å². The molecule has 0 saturated heterocycles. The van der Waals surface area contributed by atoms with Gasteiger partial charge in [-0.3, -0.25) is 14.9 Å². The maximum Gasteiger partial charge on any atom is 0.282 e. The number of rotatable bonds is 7. The number of carbonyl (C=O) groups excluding carboxylic acids is 1. The average Bonchev–Trinajstić information content (AvgIpc) is 3.10. The van der Waals surface area contributed by atoms with E-state index in [9.17, 15) is 14.0 Å². The highest BCUT2D eigenvalue weighted by Gasteiger charge is 2.16. The summed E-state index contributed by atoms with van der Waals surface area (Å²) in [5, 5.41) is 14.8. The lowest BCUT2D eigenvalue weighted by atomic mass is 10.3. The van der Waals surface area contributed by atoms with E-state index in [1.165, 1.54) is 52.5 Å². The Hall–Kier alpha value is -2.59. The third kappa shape index (κ3) is 4.98. The van der Waals surface area contributed by atoms with Gasteiger partial charge < -0.3 is 0 Å². The van der Waals surface area contributed by atoms with E-state index in [4.69, 9.17) is 0 Å². The smallest absolute Gasteiger partial charge is 0.282 e. The molecule has 0 unspecified atom stereocenters. The van der Waals surface area contributed by atoms with Crippen molar-refractivity contribution in [3.63, 3.8) is 0 Å². The van der Waals surface area contributed by atoms with Gasteiger partial charge in [-0.25, -0.2) is 9.07 Å². The number of unbranched alkanes of at least 4 members (excludes halogenated alkanes) is 1. The maximum absolute atomic E-state index is 13.1. The highest BCUT2D eigenvalue weighted by molar-refractivity contribution is 8.01.